The molecule has 0 spiro atoms. The molecule has 0 aromatic carbocycles. The van der Waals surface area contributed by atoms with Crippen molar-refractivity contribution in [1.82, 2.24) is 4.90 Å². The van der Waals surface area contributed by atoms with E-state index in [-0.39, 0.29) is 0 Å². The van der Waals surface area contributed by atoms with E-state index in [0.29, 0.717) is 13.2 Å². The maximum atomic E-state index is 5.69. The van der Waals surface area contributed by atoms with Crippen molar-refractivity contribution in [2.24, 2.45) is 0 Å². The third-order valence-corrected chi connectivity index (χ3v) is 3.95. The van der Waals surface area contributed by atoms with Gasteiger partial charge in [-0.3, -0.25) is 4.90 Å². The summed E-state index contributed by atoms with van der Waals surface area (Å²) in [6, 6.07) is 0. The van der Waals surface area contributed by atoms with Crippen LogP contribution in [0.15, 0.2) is 0 Å². The molecule has 0 aliphatic carbocycles. The number of hydrogen-bond donors (Lipinski definition) is 0. The Morgan fingerprint density at radius 3 is 1.12 bits per heavy atom. The highest BCUT2D eigenvalue weighted by molar-refractivity contribution is 4.57. The lowest BCUT2D eigenvalue weighted by Gasteiger charge is -2.22. The Balaban J connectivity index is 3.71. The Bertz CT molecular complexity index is 228. The summed E-state index contributed by atoms with van der Waals surface area (Å²) in [4.78, 5) is 2.37. The molecule has 0 bridgehead atoms. The van der Waals surface area contributed by atoms with Crippen LogP contribution >= 0.6 is 0 Å². The summed E-state index contributed by atoms with van der Waals surface area (Å²) in [5.74, 6) is 0. The molecule has 0 aliphatic rings. The minimum absolute atomic E-state index is 0.678. The molecule has 0 fully saturated rings. The molecule has 5 heteroatoms. The fraction of sp³-hybridized carbons (Fsp3) is 1.00. The minimum atomic E-state index is 0.678. The van der Waals surface area contributed by atoms with E-state index in [4.69, 9.17) is 18.9 Å². The summed E-state index contributed by atoms with van der Waals surface area (Å²) in [6.07, 6.45) is 6.95. The van der Waals surface area contributed by atoms with Gasteiger partial charge in [-0.15, -0.1) is 0 Å². The molecule has 0 rings (SSSR count). The lowest BCUT2D eigenvalue weighted by Crippen LogP contribution is -2.34. The van der Waals surface area contributed by atoms with E-state index in [0.717, 1.165) is 78.5 Å². The summed E-state index contributed by atoms with van der Waals surface area (Å²) in [5.41, 5.74) is 0. The summed E-state index contributed by atoms with van der Waals surface area (Å²) >= 11 is 0. The first-order valence-corrected chi connectivity index (χ1v) is 10.4. The number of ether oxygens (including phenoxy) is 4. The Kier molecular flexibility index (Phi) is 21.7. The van der Waals surface area contributed by atoms with Gasteiger partial charge in [0.2, 0.25) is 0 Å². The fourth-order valence-corrected chi connectivity index (χ4v) is 2.18. The Labute approximate surface area is 156 Å². The van der Waals surface area contributed by atoms with Crippen molar-refractivity contribution < 1.29 is 18.9 Å². The van der Waals surface area contributed by atoms with Crippen molar-refractivity contribution in [2.75, 3.05) is 72.5 Å². The first kappa shape index (κ1) is 24.8. The second-order valence-corrected chi connectivity index (χ2v) is 6.35. The molecule has 0 radical (unpaired) electrons. The number of unbranched alkanes of at least 4 members (excludes halogenated alkanes) is 3. The first-order valence-electron chi connectivity index (χ1n) is 10.4. The third-order valence-electron chi connectivity index (χ3n) is 3.95. The average molecular weight is 362 g/mol. The van der Waals surface area contributed by atoms with E-state index in [9.17, 15) is 0 Å². The van der Waals surface area contributed by atoms with Crippen molar-refractivity contribution in [2.45, 2.75) is 59.3 Å². The van der Waals surface area contributed by atoms with Crippen LogP contribution in [0, 0.1) is 0 Å². The van der Waals surface area contributed by atoms with Gasteiger partial charge in [-0.2, -0.15) is 0 Å². The Morgan fingerprint density at radius 1 is 0.440 bits per heavy atom. The molecule has 5 nitrogen and oxygen atoms in total. The second kappa shape index (κ2) is 21.8. The SMILES string of the molecule is CCCCOCCOCCN(CCOCCCC)CCOCCCC. The zero-order valence-electron chi connectivity index (χ0n) is 17.1. The predicted octanol–water partition coefficient (Wildman–Crippen LogP) is 3.76. The third kappa shape index (κ3) is 20.0. The normalized spacial score (nSPS) is 11.5. The molecule has 152 valence electrons. The molecule has 0 heterocycles. The zero-order valence-corrected chi connectivity index (χ0v) is 17.1. The number of nitrogens with zero attached hydrogens (tertiary/aromatic N) is 1. The zero-order chi connectivity index (χ0) is 18.4. The van der Waals surface area contributed by atoms with Gasteiger partial charge in [-0.1, -0.05) is 40.0 Å². The Morgan fingerprint density at radius 2 is 0.760 bits per heavy atom. The lowest BCUT2D eigenvalue weighted by atomic mass is 10.4. The molecule has 0 unspecified atom stereocenters. The highest BCUT2D eigenvalue weighted by Crippen LogP contribution is 1.95. The molecule has 0 N–H and O–H groups in total. The quantitative estimate of drug-likeness (QED) is 0.291. The van der Waals surface area contributed by atoms with Gasteiger partial charge < -0.3 is 18.9 Å². The molecule has 0 saturated heterocycles. The largest absolute Gasteiger partial charge is 0.380 e. The van der Waals surface area contributed by atoms with Crippen molar-refractivity contribution in [1.29, 1.82) is 0 Å². The summed E-state index contributed by atoms with van der Waals surface area (Å²) in [6.45, 7) is 15.6. The van der Waals surface area contributed by atoms with Crippen molar-refractivity contribution in [3.8, 4) is 0 Å². The first-order chi connectivity index (χ1) is 12.3. The molecule has 0 aliphatic heterocycles. The van der Waals surface area contributed by atoms with Gasteiger partial charge >= 0.3 is 0 Å². The maximum absolute atomic E-state index is 5.69. The Hall–Kier alpha value is -0.200. The van der Waals surface area contributed by atoms with Gasteiger partial charge in [0, 0.05) is 39.5 Å². The van der Waals surface area contributed by atoms with Crippen LogP contribution in [0.25, 0.3) is 0 Å². The van der Waals surface area contributed by atoms with E-state index in [1.54, 1.807) is 0 Å². The van der Waals surface area contributed by atoms with Crippen LogP contribution in [0.2, 0.25) is 0 Å². The van der Waals surface area contributed by atoms with Crippen LogP contribution in [0.1, 0.15) is 59.3 Å². The molecular weight excluding hydrogens is 318 g/mol. The molecule has 0 saturated carbocycles. The molecular formula is C20H43NO4. The van der Waals surface area contributed by atoms with Crippen LogP contribution in [0.3, 0.4) is 0 Å². The summed E-state index contributed by atoms with van der Waals surface area (Å²) in [5, 5.41) is 0. The predicted molar refractivity (Wildman–Crippen MR) is 104 cm³/mol. The van der Waals surface area contributed by atoms with Crippen LogP contribution in [-0.2, 0) is 18.9 Å². The van der Waals surface area contributed by atoms with Gasteiger partial charge in [0.25, 0.3) is 0 Å². The van der Waals surface area contributed by atoms with E-state index >= 15 is 0 Å². The van der Waals surface area contributed by atoms with Crippen molar-refractivity contribution in [3.63, 3.8) is 0 Å². The molecule has 0 amide bonds. The van der Waals surface area contributed by atoms with E-state index in [1.807, 2.05) is 0 Å². The second-order valence-electron chi connectivity index (χ2n) is 6.35. The standard InChI is InChI=1S/C20H43NO4/c1-4-7-13-22-16-10-21(11-17-23-14-8-5-2)12-18-25-20-19-24-15-9-6-3/h4-20H2,1-3H3. The number of rotatable bonds is 21. The fourth-order valence-electron chi connectivity index (χ4n) is 2.18. The summed E-state index contributed by atoms with van der Waals surface area (Å²) in [7, 11) is 0. The van der Waals surface area contributed by atoms with E-state index in [1.165, 1.54) is 19.3 Å². The molecule has 0 atom stereocenters. The van der Waals surface area contributed by atoms with Crippen LogP contribution in [-0.4, -0.2) is 77.4 Å². The van der Waals surface area contributed by atoms with E-state index < -0.39 is 0 Å². The monoisotopic (exact) mass is 361 g/mol. The molecule has 25 heavy (non-hydrogen) atoms. The van der Waals surface area contributed by atoms with Gasteiger partial charge in [-0.05, 0) is 19.3 Å². The summed E-state index contributed by atoms with van der Waals surface area (Å²) < 4.78 is 22.6. The maximum Gasteiger partial charge on any atom is 0.0701 e. The molecule has 0 aromatic rings. The van der Waals surface area contributed by atoms with Crippen molar-refractivity contribution >= 4 is 0 Å². The van der Waals surface area contributed by atoms with Gasteiger partial charge in [-0.25, -0.2) is 0 Å². The smallest absolute Gasteiger partial charge is 0.0701 e. The van der Waals surface area contributed by atoms with Crippen LogP contribution in [0.5, 0.6) is 0 Å². The van der Waals surface area contributed by atoms with Crippen LogP contribution < -0.4 is 0 Å². The highest BCUT2D eigenvalue weighted by Gasteiger charge is 2.05. The average Bonchev–Trinajstić information content (AvgIpc) is 2.62. The molecule has 0 aromatic heterocycles. The highest BCUT2D eigenvalue weighted by atomic mass is 16.5. The van der Waals surface area contributed by atoms with Gasteiger partial charge in [0.1, 0.15) is 0 Å². The van der Waals surface area contributed by atoms with Crippen molar-refractivity contribution in [3.05, 3.63) is 0 Å². The topological polar surface area (TPSA) is 40.2 Å². The lowest BCUT2D eigenvalue weighted by molar-refractivity contribution is 0.0259. The van der Waals surface area contributed by atoms with Gasteiger partial charge in [0.05, 0.1) is 33.0 Å². The van der Waals surface area contributed by atoms with Crippen LogP contribution in [0.4, 0.5) is 0 Å². The number of hydrogen-bond acceptors (Lipinski definition) is 5. The minimum Gasteiger partial charge on any atom is -0.380 e. The van der Waals surface area contributed by atoms with E-state index in [2.05, 4.69) is 25.7 Å². The van der Waals surface area contributed by atoms with Gasteiger partial charge in [0.15, 0.2) is 0 Å².